The Labute approximate surface area is 86.9 Å². The van der Waals surface area contributed by atoms with Gasteiger partial charge in [-0.25, -0.2) is 9.59 Å². The number of benzene rings is 1. The van der Waals surface area contributed by atoms with Gasteiger partial charge in [0.15, 0.2) is 0 Å². The zero-order valence-corrected chi connectivity index (χ0v) is 8.01. The highest BCUT2D eigenvalue weighted by molar-refractivity contribution is 5.81. The van der Waals surface area contributed by atoms with Crippen molar-refractivity contribution < 1.29 is 14.7 Å². The molecule has 1 atom stereocenters. The van der Waals surface area contributed by atoms with Gasteiger partial charge in [-0.2, -0.15) is 0 Å². The molecule has 2 amide bonds. The number of primary amides is 1. The Morgan fingerprint density at radius 3 is 2.53 bits per heavy atom. The molecule has 0 aliphatic carbocycles. The van der Waals surface area contributed by atoms with Crippen molar-refractivity contribution in [3.63, 3.8) is 0 Å². The minimum Gasteiger partial charge on any atom is -0.480 e. The van der Waals surface area contributed by atoms with Crippen LogP contribution in [-0.4, -0.2) is 23.1 Å². The summed E-state index contributed by atoms with van der Waals surface area (Å²) < 4.78 is 0. The van der Waals surface area contributed by atoms with Gasteiger partial charge in [-0.3, -0.25) is 0 Å². The van der Waals surface area contributed by atoms with Crippen molar-refractivity contribution in [2.75, 3.05) is 0 Å². The Balaban J connectivity index is 2.67. The summed E-state index contributed by atoms with van der Waals surface area (Å²) in [6, 6.07) is 7.21. The quantitative estimate of drug-likeness (QED) is 0.669. The summed E-state index contributed by atoms with van der Waals surface area (Å²) >= 11 is 0. The highest BCUT2D eigenvalue weighted by Crippen LogP contribution is 2.03. The Bertz CT molecular complexity index is 351. The predicted octanol–water partition coefficient (Wildman–Crippen LogP) is 0.351. The van der Waals surface area contributed by atoms with Crippen molar-refractivity contribution in [1.82, 2.24) is 5.32 Å². The molecule has 4 N–H and O–H groups in total. The molecule has 0 radical (unpaired) electrons. The molecule has 0 aliphatic heterocycles. The van der Waals surface area contributed by atoms with E-state index in [2.05, 4.69) is 5.32 Å². The standard InChI is InChI=1S/C10H12N2O3/c11-10(15)12-8(9(13)14)6-7-4-2-1-3-5-7/h1-5,8H,6H2,(H,13,14)(H3,11,12,15)/t8-/m1/s1/i10+2. The largest absolute Gasteiger partial charge is 0.480 e. The summed E-state index contributed by atoms with van der Waals surface area (Å²) in [5.41, 5.74) is 5.70. The third-order valence-electron chi connectivity index (χ3n) is 1.90. The maximum atomic E-state index is 10.8. The van der Waals surface area contributed by atoms with E-state index < -0.39 is 18.0 Å². The number of urea groups is 1. The van der Waals surface area contributed by atoms with E-state index in [0.717, 1.165) is 5.56 Å². The maximum Gasteiger partial charge on any atom is 0.326 e. The van der Waals surface area contributed by atoms with Gasteiger partial charge >= 0.3 is 12.0 Å². The van der Waals surface area contributed by atoms with Crippen LogP contribution >= 0.6 is 0 Å². The fourth-order valence-corrected chi connectivity index (χ4v) is 1.22. The Morgan fingerprint density at radius 1 is 1.47 bits per heavy atom. The maximum absolute atomic E-state index is 10.8. The first-order chi connectivity index (χ1) is 7.09. The van der Waals surface area contributed by atoms with Crippen LogP contribution in [-0.2, 0) is 11.2 Å². The van der Waals surface area contributed by atoms with Gasteiger partial charge in [-0.05, 0) is 5.56 Å². The summed E-state index contributed by atoms with van der Waals surface area (Å²) in [6.07, 6.45) is 0.221. The van der Waals surface area contributed by atoms with Crippen LogP contribution in [0.3, 0.4) is 0 Å². The van der Waals surface area contributed by atoms with Crippen molar-refractivity contribution in [1.29, 1.82) is 0 Å². The fourth-order valence-electron chi connectivity index (χ4n) is 1.22. The number of amides is 2. The lowest BCUT2D eigenvalue weighted by molar-refractivity contribution is -0.139. The van der Waals surface area contributed by atoms with E-state index >= 15 is 0 Å². The third kappa shape index (κ3) is 3.68. The van der Waals surface area contributed by atoms with E-state index in [1.165, 1.54) is 0 Å². The topological polar surface area (TPSA) is 92.4 Å². The van der Waals surface area contributed by atoms with Gasteiger partial charge in [0.05, 0.1) is 0 Å². The first-order valence-corrected chi connectivity index (χ1v) is 4.42. The number of carbonyl (C=O) groups is 2. The van der Waals surface area contributed by atoms with Crippen LogP contribution < -0.4 is 11.1 Å². The van der Waals surface area contributed by atoms with Crippen LogP contribution in [0.25, 0.3) is 0 Å². The Morgan fingerprint density at radius 2 is 2.07 bits per heavy atom. The number of carboxylic acid groups (broad SMARTS) is 1. The molecule has 1 aromatic carbocycles. The molecular weight excluding hydrogens is 198 g/mol. The van der Waals surface area contributed by atoms with Gasteiger partial charge in [-0.1, -0.05) is 30.3 Å². The van der Waals surface area contributed by atoms with Crippen molar-refractivity contribution in [2.45, 2.75) is 12.5 Å². The molecule has 0 unspecified atom stereocenters. The summed E-state index contributed by atoms with van der Waals surface area (Å²) in [5.74, 6) is -1.10. The van der Waals surface area contributed by atoms with Crippen molar-refractivity contribution in [3.8, 4) is 0 Å². The average molecular weight is 210 g/mol. The Hall–Kier alpha value is -2.04. The molecule has 0 fully saturated rings. The van der Waals surface area contributed by atoms with Crippen LogP contribution in [0, 0.1) is 0 Å². The minimum atomic E-state index is -1.10. The van der Waals surface area contributed by atoms with Crippen LogP contribution in [0.1, 0.15) is 5.56 Å². The van der Waals surface area contributed by atoms with E-state index in [4.69, 9.17) is 10.8 Å². The molecule has 0 saturated carbocycles. The second-order valence-corrected chi connectivity index (χ2v) is 3.09. The van der Waals surface area contributed by atoms with E-state index in [1.807, 2.05) is 6.07 Å². The molecule has 0 heterocycles. The first kappa shape index (κ1) is 11.0. The number of aliphatic carboxylic acids is 1. The molecule has 15 heavy (non-hydrogen) atoms. The van der Waals surface area contributed by atoms with Crippen LogP contribution in [0.15, 0.2) is 30.3 Å². The van der Waals surface area contributed by atoms with Crippen LogP contribution in [0.4, 0.5) is 4.79 Å². The fraction of sp³-hybridized carbons (Fsp3) is 0.200. The molecular formula is C10H12N2O3. The average Bonchev–Trinajstić information content (AvgIpc) is 2.17. The smallest absolute Gasteiger partial charge is 0.326 e. The molecule has 0 aromatic heterocycles. The number of nitrogens with two attached hydrogens (primary N) is 1. The predicted molar refractivity (Wildman–Crippen MR) is 54.3 cm³/mol. The lowest BCUT2D eigenvalue weighted by atomic mass is 10.1. The number of rotatable bonds is 4. The molecule has 5 heteroatoms. The second-order valence-electron chi connectivity index (χ2n) is 3.09. The second kappa shape index (κ2) is 4.99. The van der Waals surface area contributed by atoms with Crippen molar-refractivity contribution in [3.05, 3.63) is 35.9 Å². The number of hydrogen-bond donors (Lipinski definition) is 3. The molecule has 0 aliphatic rings. The van der Waals surface area contributed by atoms with Crippen molar-refractivity contribution in [2.24, 2.45) is 5.73 Å². The highest BCUT2D eigenvalue weighted by Gasteiger charge is 2.18. The molecule has 0 spiro atoms. The van der Waals surface area contributed by atoms with Gasteiger partial charge in [-0.15, -0.1) is 0 Å². The van der Waals surface area contributed by atoms with E-state index in [9.17, 15) is 9.59 Å². The summed E-state index contributed by atoms with van der Waals surface area (Å²) in [4.78, 5) is 21.3. The van der Waals surface area contributed by atoms with E-state index in [1.54, 1.807) is 24.3 Å². The van der Waals surface area contributed by atoms with Gasteiger partial charge in [0.25, 0.3) is 0 Å². The molecule has 5 nitrogen and oxygen atoms in total. The Kier molecular flexibility index (Phi) is 3.68. The van der Waals surface area contributed by atoms with Crippen molar-refractivity contribution >= 4 is 12.0 Å². The van der Waals surface area contributed by atoms with Crippen LogP contribution in [0.5, 0.6) is 0 Å². The molecule has 1 rings (SSSR count). The van der Waals surface area contributed by atoms with E-state index in [0.29, 0.717) is 0 Å². The summed E-state index contributed by atoms with van der Waals surface area (Å²) in [7, 11) is 0. The van der Waals surface area contributed by atoms with Gasteiger partial charge < -0.3 is 16.2 Å². The van der Waals surface area contributed by atoms with Gasteiger partial charge in [0, 0.05) is 6.42 Å². The normalized spacial score (nSPS) is 11.7. The SMILES string of the molecule is N[14C](=O)N[C@H](Cc1ccccc1)C(=O)O. The van der Waals surface area contributed by atoms with Crippen LogP contribution in [0.2, 0.25) is 0 Å². The number of nitrogens with one attached hydrogen (secondary N) is 1. The molecule has 0 saturated heterocycles. The van der Waals surface area contributed by atoms with Gasteiger partial charge in [0.2, 0.25) is 0 Å². The van der Waals surface area contributed by atoms with Gasteiger partial charge in [0.1, 0.15) is 6.04 Å². The number of carbonyl (C=O) groups excluding carboxylic acids is 1. The molecule has 0 bridgehead atoms. The first-order valence-electron chi connectivity index (χ1n) is 4.42. The monoisotopic (exact) mass is 210 g/mol. The zero-order chi connectivity index (χ0) is 11.3. The zero-order valence-electron chi connectivity index (χ0n) is 8.01. The lowest BCUT2D eigenvalue weighted by Gasteiger charge is -2.12. The highest BCUT2D eigenvalue weighted by atomic mass is 16.4. The lowest BCUT2D eigenvalue weighted by Crippen LogP contribution is -2.44. The summed E-state index contributed by atoms with van der Waals surface area (Å²) in [6.45, 7) is 0. The van der Waals surface area contributed by atoms with E-state index in [-0.39, 0.29) is 6.42 Å². The third-order valence-corrected chi connectivity index (χ3v) is 1.90. The number of carboxylic acids is 1. The molecule has 80 valence electrons. The summed E-state index contributed by atoms with van der Waals surface area (Å²) in [5, 5.41) is 11.0. The minimum absolute atomic E-state index is 0.221. The molecule has 1 aromatic rings. The number of hydrogen-bond acceptors (Lipinski definition) is 2.